The maximum atomic E-state index is 12.2. The second kappa shape index (κ2) is 4.09. The molecule has 0 saturated heterocycles. The monoisotopic (exact) mass is 270 g/mol. The van der Waals surface area contributed by atoms with E-state index in [9.17, 15) is 9.90 Å². The summed E-state index contributed by atoms with van der Waals surface area (Å²) >= 11 is 0. The SMILES string of the molecule is C[C@]12CCC3C(=CC=C4C=C(O)CC[C@H]43)C1CCC2=O. The number of ketones is 1. The number of allylic oxidation sites excluding steroid dienone is 6. The van der Waals surface area contributed by atoms with Gasteiger partial charge in [0, 0.05) is 18.3 Å². The Kier molecular flexibility index (Phi) is 2.55. The highest BCUT2D eigenvalue weighted by Gasteiger charge is 2.53. The number of hydrogen-bond donors (Lipinski definition) is 1. The van der Waals surface area contributed by atoms with Gasteiger partial charge < -0.3 is 5.11 Å². The molecular weight excluding hydrogens is 248 g/mol. The molecular formula is C18H22O2. The topological polar surface area (TPSA) is 37.3 Å². The normalized spacial score (nSPS) is 43.0. The molecule has 2 saturated carbocycles. The van der Waals surface area contributed by atoms with Crippen LogP contribution in [0.1, 0.15) is 45.4 Å². The molecule has 0 radical (unpaired) electrons. The number of aliphatic hydroxyl groups is 1. The van der Waals surface area contributed by atoms with Gasteiger partial charge in [-0.05, 0) is 55.1 Å². The van der Waals surface area contributed by atoms with Crippen molar-refractivity contribution < 1.29 is 9.90 Å². The molecule has 4 atom stereocenters. The number of aliphatic hydroxyl groups excluding tert-OH is 1. The highest BCUT2D eigenvalue weighted by Crippen LogP contribution is 2.58. The summed E-state index contributed by atoms with van der Waals surface area (Å²) in [6.07, 6.45) is 12.3. The Hall–Kier alpha value is -1.31. The van der Waals surface area contributed by atoms with Crippen molar-refractivity contribution in [2.24, 2.45) is 23.2 Å². The van der Waals surface area contributed by atoms with E-state index in [1.54, 1.807) is 0 Å². The molecule has 2 nitrogen and oxygen atoms in total. The van der Waals surface area contributed by atoms with E-state index in [1.165, 1.54) is 11.1 Å². The number of carbonyl (C=O) groups excluding carboxylic acids is 1. The molecule has 0 aromatic heterocycles. The largest absolute Gasteiger partial charge is 0.512 e. The fraction of sp³-hybridized carbons (Fsp3) is 0.611. The second-order valence-electron chi connectivity index (χ2n) is 7.19. The fourth-order valence-corrected chi connectivity index (χ4v) is 5.12. The van der Waals surface area contributed by atoms with Crippen LogP contribution in [0.4, 0.5) is 0 Å². The van der Waals surface area contributed by atoms with E-state index >= 15 is 0 Å². The molecule has 0 spiro atoms. The van der Waals surface area contributed by atoms with Crippen LogP contribution in [0.15, 0.2) is 35.1 Å². The van der Waals surface area contributed by atoms with Crippen LogP contribution in [-0.2, 0) is 4.79 Å². The van der Waals surface area contributed by atoms with Gasteiger partial charge in [-0.2, -0.15) is 0 Å². The zero-order chi connectivity index (χ0) is 13.9. The minimum Gasteiger partial charge on any atom is -0.512 e. The summed E-state index contributed by atoms with van der Waals surface area (Å²) in [4.78, 5) is 12.2. The molecule has 0 aromatic rings. The van der Waals surface area contributed by atoms with Gasteiger partial charge in [0.2, 0.25) is 0 Å². The van der Waals surface area contributed by atoms with Gasteiger partial charge in [0.05, 0.1) is 5.76 Å². The molecule has 0 heterocycles. The third-order valence-corrected chi connectivity index (χ3v) is 6.30. The first-order chi connectivity index (χ1) is 9.59. The molecule has 1 N–H and O–H groups in total. The van der Waals surface area contributed by atoms with Gasteiger partial charge in [-0.1, -0.05) is 24.6 Å². The smallest absolute Gasteiger partial charge is 0.139 e. The summed E-state index contributed by atoms with van der Waals surface area (Å²) in [6.45, 7) is 2.19. The predicted molar refractivity (Wildman–Crippen MR) is 78.2 cm³/mol. The van der Waals surface area contributed by atoms with Crippen molar-refractivity contribution in [3.8, 4) is 0 Å². The minimum absolute atomic E-state index is 0.0830. The number of Topliss-reactive ketones (excluding diaryl/α,β-unsaturated/α-hetero) is 1. The van der Waals surface area contributed by atoms with Crippen molar-refractivity contribution >= 4 is 5.78 Å². The average Bonchev–Trinajstić information content (AvgIpc) is 2.74. The van der Waals surface area contributed by atoms with Crippen LogP contribution in [0, 0.1) is 23.2 Å². The summed E-state index contributed by atoms with van der Waals surface area (Å²) < 4.78 is 0. The van der Waals surface area contributed by atoms with Crippen LogP contribution in [0.25, 0.3) is 0 Å². The lowest BCUT2D eigenvalue weighted by atomic mass is 9.57. The van der Waals surface area contributed by atoms with Crippen molar-refractivity contribution in [3.63, 3.8) is 0 Å². The lowest BCUT2D eigenvalue weighted by Crippen LogP contribution is -2.40. The van der Waals surface area contributed by atoms with E-state index in [0.717, 1.165) is 38.5 Å². The first-order valence-corrected chi connectivity index (χ1v) is 7.94. The zero-order valence-corrected chi connectivity index (χ0v) is 12.1. The number of hydrogen-bond acceptors (Lipinski definition) is 2. The van der Waals surface area contributed by atoms with Crippen LogP contribution in [0.2, 0.25) is 0 Å². The van der Waals surface area contributed by atoms with Crippen LogP contribution >= 0.6 is 0 Å². The van der Waals surface area contributed by atoms with Gasteiger partial charge in [-0.3, -0.25) is 4.79 Å². The van der Waals surface area contributed by atoms with E-state index in [4.69, 9.17) is 0 Å². The van der Waals surface area contributed by atoms with Crippen molar-refractivity contribution in [1.82, 2.24) is 0 Å². The number of rotatable bonds is 0. The van der Waals surface area contributed by atoms with E-state index < -0.39 is 0 Å². The van der Waals surface area contributed by atoms with Gasteiger partial charge >= 0.3 is 0 Å². The molecule has 4 rings (SSSR count). The van der Waals surface area contributed by atoms with E-state index in [-0.39, 0.29) is 5.41 Å². The quantitative estimate of drug-likeness (QED) is 0.719. The molecule has 0 bridgehead atoms. The second-order valence-corrected chi connectivity index (χ2v) is 7.19. The minimum atomic E-state index is -0.0830. The van der Waals surface area contributed by atoms with Crippen molar-refractivity contribution in [2.75, 3.05) is 0 Å². The Balaban J connectivity index is 1.74. The highest BCUT2D eigenvalue weighted by atomic mass is 16.3. The van der Waals surface area contributed by atoms with Crippen molar-refractivity contribution in [2.45, 2.75) is 45.4 Å². The Morgan fingerprint density at radius 2 is 2.00 bits per heavy atom. The van der Waals surface area contributed by atoms with Gasteiger partial charge in [0.1, 0.15) is 5.78 Å². The molecule has 0 aromatic carbocycles. The lowest BCUT2D eigenvalue weighted by Gasteiger charge is -2.46. The molecule has 2 fully saturated rings. The zero-order valence-electron chi connectivity index (χ0n) is 12.1. The molecule has 4 aliphatic rings. The van der Waals surface area contributed by atoms with E-state index in [1.807, 2.05) is 6.08 Å². The van der Waals surface area contributed by atoms with Gasteiger partial charge in [-0.15, -0.1) is 0 Å². The summed E-state index contributed by atoms with van der Waals surface area (Å²) in [7, 11) is 0. The van der Waals surface area contributed by atoms with E-state index in [2.05, 4.69) is 19.1 Å². The number of fused-ring (bicyclic) bond motifs is 5. The van der Waals surface area contributed by atoms with Crippen molar-refractivity contribution in [1.29, 1.82) is 0 Å². The molecule has 0 aliphatic heterocycles. The van der Waals surface area contributed by atoms with Crippen LogP contribution in [-0.4, -0.2) is 10.9 Å². The molecule has 20 heavy (non-hydrogen) atoms. The molecule has 2 heteroatoms. The van der Waals surface area contributed by atoms with Gasteiger partial charge in [-0.25, -0.2) is 0 Å². The maximum Gasteiger partial charge on any atom is 0.139 e. The standard InChI is InChI=1S/C18H22O2/c1-18-9-8-14-13-5-3-12(19)10-11(13)2-4-15(14)16(18)6-7-17(18)20/h2,4,10,13-14,16,19H,3,5-9H2,1H3/t13-,14?,16?,18+/m1/s1. The van der Waals surface area contributed by atoms with Crippen LogP contribution in [0.3, 0.4) is 0 Å². The summed E-state index contributed by atoms with van der Waals surface area (Å²) in [5, 5.41) is 9.73. The Morgan fingerprint density at radius 1 is 1.15 bits per heavy atom. The third-order valence-electron chi connectivity index (χ3n) is 6.30. The average molecular weight is 270 g/mol. The predicted octanol–water partition coefficient (Wildman–Crippen LogP) is 4.10. The molecule has 106 valence electrons. The lowest BCUT2D eigenvalue weighted by molar-refractivity contribution is -0.127. The number of carbonyl (C=O) groups is 1. The maximum absolute atomic E-state index is 12.2. The Bertz CT molecular complexity index is 566. The summed E-state index contributed by atoms with van der Waals surface area (Å²) in [5.74, 6) is 2.68. The summed E-state index contributed by atoms with van der Waals surface area (Å²) in [6, 6.07) is 0. The van der Waals surface area contributed by atoms with Crippen LogP contribution in [0.5, 0.6) is 0 Å². The van der Waals surface area contributed by atoms with E-state index in [0.29, 0.717) is 29.3 Å². The highest BCUT2D eigenvalue weighted by molar-refractivity contribution is 5.88. The fourth-order valence-electron chi connectivity index (χ4n) is 5.12. The molecule has 4 aliphatic carbocycles. The first-order valence-electron chi connectivity index (χ1n) is 7.94. The first kappa shape index (κ1) is 12.4. The Morgan fingerprint density at radius 3 is 2.85 bits per heavy atom. The third kappa shape index (κ3) is 1.54. The molecule has 0 amide bonds. The summed E-state index contributed by atoms with van der Waals surface area (Å²) in [5.41, 5.74) is 2.75. The van der Waals surface area contributed by atoms with Gasteiger partial charge in [0.15, 0.2) is 0 Å². The van der Waals surface area contributed by atoms with Crippen molar-refractivity contribution in [3.05, 3.63) is 35.1 Å². The molecule has 2 unspecified atom stereocenters. The van der Waals surface area contributed by atoms with Crippen LogP contribution < -0.4 is 0 Å². The van der Waals surface area contributed by atoms with Gasteiger partial charge in [0.25, 0.3) is 0 Å². The Labute approximate surface area is 120 Å².